The number of hydrogen-bond acceptors (Lipinski definition) is 4. The predicted octanol–water partition coefficient (Wildman–Crippen LogP) is 3.19. The van der Waals surface area contributed by atoms with Crippen molar-refractivity contribution < 1.29 is 9.47 Å². The summed E-state index contributed by atoms with van der Waals surface area (Å²) in [6.07, 6.45) is 4.07. The van der Waals surface area contributed by atoms with Crippen molar-refractivity contribution in [3.05, 3.63) is 35.9 Å². The molecule has 3 fully saturated rings. The maximum atomic E-state index is 6.23. The minimum Gasteiger partial charge on any atom is -0.381 e. The second-order valence-corrected chi connectivity index (χ2v) is 8.83. The van der Waals surface area contributed by atoms with Crippen molar-refractivity contribution in [2.75, 3.05) is 38.7 Å². The molecule has 23 heavy (non-hydrogen) atoms. The molecule has 3 aliphatic rings. The van der Waals surface area contributed by atoms with Crippen LogP contribution in [0.5, 0.6) is 0 Å². The summed E-state index contributed by atoms with van der Waals surface area (Å²) in [7, 11) is 0. The van der Waals surface area contributed by atoms with Crippen molar-refractivity contribution in [1.29, 1.82) is 0 Å². The van der Waals surface area contributed by atoms with E-state index in [1.165, 1.54) is 43.7 Å². The molecule has 4 rings (SSSR count). The molecule has 3 heterocycles. The standard InChI is InChI=1S/C19H27NO2S/c1-2-4-16(5-3-1)11-20-14-19(15-20)10-18(13-23-19)22-12-17-6-8-21-9-7-17/h1-5,17-18H,6-15H2/t18-/m0/s1. The average molecular weight is 333 g/mol. The molecule has 3 saturated heterocycles. The lowest BCUT2D eigenvalue weighted by Crippen LogP contribution is -2.58. The zero-order chi connectivity index (χ0) is 15.5. The van der Waals surface area contributed by atoms with Crippen molar-refractivity contribution >= 4 is 11.8 Å². The monoisotopic (exact) mass is 333 g/mol. The van der Waals surface area contributed by atoms with Gasteiger partial charge >= 0.3 is 0 Å². The first-order valence-corrected chi connectivity index (χ1v) is 9.89. The summed E-state index contributed by atoms with van der Waals surface area (Å²) >= 11 is 2.15. The molecule has 4 heteroatoms. The third-order valence-corrected chi connectivity index (χ3v) is 6.93. The molecule has 1 atom stereocenters. The van der Waals surface area contributed by atoms with E-state index in [0.717, 1.165) is 32.3 Å². The summed E-state index contributed by atoms with van der Waals surface area (Å²) in [5.41, 5.74) is 1.43. The van der Waals surface area contributed by atoms with Gasteiger partial charge in [0.15, 0.2) is 0 Å². The Hall–Kier alpha value is -0.550. The van der Waals surface area contributed by atoms with Gasteiger partial charge in [-0.15, -0.1) is 11.8 Å². The van der Waals surface area contributed by atoms with E-state index in [-0.39, 0.29) is 0 Å². The third-order valence-electron chi connectivity index (χ3n) is 5.36. The van der Waals surface area contributed by atoms with Crippen LogP contribution < -0.4 is 0 Å². The van der Waals surface area contributed by atoms with Crippen LogP contribution in [0.2, 0.25) is 0 Å². The molecule has 1 spiro atoms. The fraction of sp³-hybridized carbons (Fsp3) is 0.684. The minimum absolute atomic E-state index is 0.474. The highest BCUT2D eigenvalue weighted by molar-refractivity contribution is 8.01. The topological polar surface area (TPSA) is 21.7 Å². The molecule has 3 nitrogen and oxygen atoms in total. The summed E-state index contributed by atoms with van der Waals surface area (Å²) in [6, 6.07) is 10.8. The Kier molecular flexibility index (Phi) is 4.95. The molecule has 126 valence electrons. The lowest BCUT2D eigenvalue weighted by molar-refractivity contribution is -0.0133. The van der Waals surface area contributed by atoms with Crippen LogP contribution in [0.15, 0.2) is 30.3 Å². The number of rotatable bonds is 5. The molecular formula is C19H27NO2S. The maximum absolute atomic E-state index is 6.23. The largest absolute Gasteiger partial charge is 0.381 e. The lowest BCUT2D eigenvalue weighted by atomic mass is 9.92. The van der Waals surface area contributed by atoms with Gasteiger partial charge in [-0.1, -0.05) is 30.3 Å². The highest BCUT2D eigenvalue weighted by Gasteiger charge is 2.49. The van der Waals surface area contributed by atoms with E-state index < -0.39 is 0 Å². The molecule has 0 radical (unpaired) electrons. The molecule has 3 aliphatic heterocycles. The summed E-state index contributed by atoms with van der Waals surface area (Å²) in [5.74, 6) is 1.91. The predicted molar refractivity (Wildman–Crippen MR) is 94.8 cm³/mol. The van der Waals surface area contributed by atoms with Crippen LogP contribution in [0.25, 0.3) is 0 Å². The Morgan fingerprint density at radius 2 is 1.96 bits per heavy atom. The first kappa shape index (κ1) is 15.9. The van der Waals surface area contributed by atoms with E-state index in [4.69, 9.17) is 9.47 Å². The highest BCUT2D eigenvalue weighted by Crippen LogP contribution is 2.46. The minimum atomic E-state index is 0.474. The maximum Gasteiger partial charge on any atom is 0.0680 e. The number of nitrogens with zero attached hydrogens (tertiary/aromatic N) is 1. The van der Waals surface area contributed by atoms with Gasteiger partial charge in [-0.05, 0) is 30.7 Å². The van der Waals surface area contributed by atoms with E-state index in [0.29, 0.717) is 10.9 Å². The van der Waals surface area contributed by atoms with E-state index in [9.17, 15) is 0 Å². The molecule has 0 bridgehead atoms. The number of thioether (sulfide) groups is 1. The fourth-order valence-corrected chi connectivity index (χ4v) is 5.64. The van der Waals surface area contributed by atoms with E-state index >= 15 is 0 Å². The number of benzene rings is 1. The van der Waals surface area contributed by atoms with Crippen LogP contribution in [0.3, 0.4) is 0 Å². The zero-order valence-corrected chi connectivity index (χ0v) is 14.6. The summed E-state index contributed by atoms with van der Waals surface area (Å²) in [4.78, 5) is 2.57. The SMILES string of the molecule is c1ccc(CN2CC3(C[C@H](OCC4CCOCC4)CS3)C2)cc1. The van der Waals surface area contributed by atoms with E-state index in [1.807, 2.05) is 0 Å². The smallest absolute Gasteiger partial charge is 0.0680 e. The highest BCUT2D eigenvalue weighted by atomic mass is 32.2. The Balaban J connectivity index is 1.19. The number of hydrogen-bond donors (Lipinski definition) is 0. The normalized spacial score (nSPS) is 28.1. The van der Waals surface area contributed by atoms with Crippen LogP contribution in [-0.4, -0.2) is 54.4 Å². The summed E-state index contributed by atoms with van der Waals surface area (Å²) in [6.45, 7) is 6.33. The summed E-state index contributed by atoms with van der Waals surface area (Å²) < 4.78 is 12.1. The molecular weight excluding hydrogens is 306 g/mol. The Morgan fingerprint density at radius 1 is 1.17 bits per heavy atom. The van der Waals surface area contributed by atoms with Crippen molar-refractivity contribution in [3.8, 4) is 0 Å². The van der Waals surface area contributed by atoms with Crippen LogP contribution in [0.1, 0.15) is 24.8 Å². The Labute approximate surface area is 143 Å². The quantitative estimate of drug-likeness (QED) is 0.825. The van der Waals surface area contributed by atoms with Crippen molar-refractivity contribution in [1.82, 2.24) is 4.90 Å². The first-order chi connectivity index (χ1) is 11.3. The van der Waals surface area contributed by atoms with Gasteiger partial charge in [0.1, 0.15) is 0 Å². The number of likely N-dealkylation sites (tertiary alicyclic amines) is 1. The van der Waals surface area contributed by atoms with Gasteiger partial charge in [0.2, 0.25) is 0 Å². The van der Waals surface area contributed by atoms with Gasteiger partial charge in [0.25, 0.3) is 0 Å². The van der Waals surface area contributed by atoms with Crippen LogP contribution in [0, 0.1) is 5.92 Å². The van der Waals surface area contributed by atoms with Crippen LogP contribution in [-0.2, 0) is 16.0 Å². The molecule has 0 aromatic heterocycles. The Morgan fingerprint density at radius 3 is 2.74 bits per heavy atom. The molecule has 1 aromatic rings. The molecule has 0 saturated carbocycles. The zero-order valence-electron chi connectivity index (χ0n) is 13.8. The van der Waals surface area contributed by atoms with Crippen molar-refractivity contribution in [3.63, 3.8) is 0 Å². The Bertz CT molecular complexity index is 497. The first-order valence-electron chi connectivity index (χ1n) is 8.91. The molecule has 0 aliphatic carbocycles. The fourth-order valence-electron chi connectivity index (χ4n) is 4.04. The van der Waals surface area contributed by atoms with Gasteiger partial charge in [0.05, 0.1) is 6.10 Å². The third kappa shape index (κ3) is 3.93. The number of ether oxygens (including phenoxy) is 2. The molecule has 1 aromatic carbocycles. The van der Waals surface area contributed by atoms with Crippen LogP contribution >= 0.6 is 11.8 Å². The van der Waals surface area contributed by atoms with E-state index in [2.05, 4.69) is 47.0 Å². The lowest BCUT2D eigenvalue weighted by Gasteiger charge is -2.47. The van der Waals surface area contributed by atoms with Crippen molar-refractivity contribution in [2.45, 2.75) is 36.7 Å². The molecule has 0 unspecified atom stereocenters. The second kappa shape index (κ2) is 7.14. The second-order valence-electron chi connectivity index (χ2n) is 7.34. The van der Waals surface area contributed by atoms with Crippen molar-refractivity contribution in [2.24, 2.45) is 5.92 Å². The summed E-state index contributed by atoms with van der Waals surface area (Å²) in [5, 5.41) is 0. The molecule has 0 N–H and O–H groups in total. The van der Waals surface area contributed by atoms with E-state index in [1.54, 1.807) is 0 Å². The van der Waals surface area contributed by atoms with Gasteiger partial charge < -0.3 is 9.47 Å². The van der Waals surface area contributed by atoms with Gasteiger partial charge in [-0.3, -0.25) is 4.90 Å². The van der Waals surface area contributed by atoms with Gasteiger partial charge in [-0.25, -0.2) is 0 Å². The average Bonchev–Trinajstić information content (AvgIpc) is 2.99. The molecule has 0 amide bonds. The van der Waals surface area contributed by atoms with Gasteiger partial charge in [-0.2, -0.15) is 0 Å². The van der Waals surface area contributed by atoms with Gasteiger partial charge in [0, 0.05) is 50.0 Å². The van der Waals surface area contributed by atoms with Crippen LogP contribution in [0.4, 0.5) is 0 Å².